The van der Waals surface area contributed by atoms with Crippen LogP contribution in [0.3, 0.4) is 0 Å². The second kappa shape index (κ2) is 11.0. The minimum atomic E-state index is -0.424. The molecule has 0 radical (unpaired) electrons. The zero-order valence-corrected chi connectivity index (χ0v) is 20.0. The van der Waals surface area contributed by atoms with E-state index in [1.165, 1.54) is 21.8 Å². The number of aromatic nitrogens is 4. The first-order chi connectivity index (χ1) is 16.5. The van der Waals surface area contributed by atoms with Gasteiger partial charge in [-0.15, -0.1) is 10.2 Å². The summed E-state index contributed by atoms with van der Waals surface area (Å²) in [7, 11) is 0. The highest BCUT2D eigenvalue weighted by atomic mass is 32.2. The van der Waals surface area contributed by atoms with Crippen molar-refractivity contribution in [3.63, 3.8) is 0 Å². The largest absolute Gasteiger partial charge is 0.420 e. The number of anilines is 2. The summed E-state index contributed by atoms with van der Waals surface area (Å²) >= 11 is 1.62. The van der Waals surface area contributed by atoms with Crippen LogP contribution in [-0.2, 0) is 18.7 Å². The summed E-state index contributed by atoms with van der Waals surface area (Å²) in [5.41, 5.74) is 3.40. The second-order valence-electron chi connectivity index (χ2n) is 7.87. The molecule has 2 aromatic carbocycles. The lowest BCUT2D eigenvalue weighted by atomic mass is 10.1. The van der Waals surface area contributed by atoms with Crippen molar-refractivity contribution >= 4 is 23.3 Å². The Labute approximate surface area is 201 Å². The van der Waals surface area contributed by atoms with Crippen molar-refractivity contribution in [1.29, 1.82) is 0 Å². The van der Waals surface area contributed by atoms with Gasteiger partial charge in [0.1, 0.15) is 5.82 Å². The summed E-state index contributed by atoms with van der Waals surface area (Å²) in [5.74, 6) is 2.76. The van der Waals surface area contributed by atoms with Crippen LogP contribution >= 0.6 is 11.8 Å². The number of rotatable bonds is 10. The van der Waals surface area contributed by atoms with Gasteiger partial charge in [0.15, 0.2) is 0 Å². The molecule has 0 amide bonds. The predicted octanol–water partition coefficient (Wildman–Crippen LogP) is 4.52. The predicted molar refractivity (Wildman–Crippen MR) is 136 cm³/mol. The van der Waals surface area contributed by atoms with Crippen molar-refractivity contribution in [3.05, 3.63) is 92.5 Å². The van der Waals surface area contributed by atoms with Gasteiger partial charge in [-0.25, -0.2) is 4.79 Å². The number of H-pyrrole nitrogens is 1. The molecule has 0 spiro atoms. The molecule has 9 heteroatoms. The van der Waals surface area contributed by atoms with Crippen LogP contribution in [0.4, 0.5) is 11.5 Å². The molecule has 0 saturated heterocycles. The van der Waals surface area contributed by atoms with Crippen LogP contribution < -0.4 is 16.6 Å². The summed E-state index contributed by atoms with van der Waals surface area (Å²) < 4.78 is 6.92. The molecular formula is C25H27N5O3S. The third-order valence-electron chi connectivity index (χ3n) is 5.41. The summed E-state index contributed by atoms with van der Waals surface area (Å²) in [4.78, 5) is 27.8. The molecule has 2 heterocycles. The van der Waals surface area contributed by atoms with Crippen LogP contribution in [0.2, 0.25) is 0 Å². The summed E-state index contributed by atoms with van der Waals surface area (Å²) in [6, 6.07) is 17.0. The molecule has 0 saturated carbocycles. The Bertz CT molecular complexity index is 1330. The lowest BCUT2D eigenvalue weighted by molar-refractivity contribution is 0.528. The first-order valence-corrected chi connectivity index (χ1v) is 12.3. The fourth-order valence-electron chi connectivity index (χ4n) is 3.58. The Balaban J connectivity index is 1.29. The first kappa shape index (κ1) is 23.6. The molecule has 0 aliphatic rings. The van der Waals surface area contributed by atoms with E-state index in [2.05, 4.69) is 34.3 Å². The average Bonchev–Trinajstić information content (AvgIpc) is 3.31. The monoisotopic (exact) mass is 477 g/mol. The highest BCUT2D eigenvalue weighted by molar-refractivity contribution is 7.98. The van der Waals surface area contributed by atoms with E-state index < -0.39 is 5.69 Å². The molecule has 4 rings (SSSR count). The third kappa shape index (κ3) is 5.85. The zero-order chi connectivity index (χ0) is 23.9. The number of nitrogens with zero attached hydrogens (tertiary/aromatic N) is 3. The Morgan fingerprint density at radius 3 is 2.68 bits per heavy atom. The van der Waals surface area contributed by atoms with E-state index >= 15 is 0 Å². The molecule has 176 valence electrons. The maximum Gasteiger partial charge on any atom is 0.329 e. The minimum Gasteiger partial charge on any atom is -0.420 e. The van der Waals surface area contributed by atoms with Gasteiger partial charge in [0.05, 0.1) is 5.75 Å². The van der Waals surface area contributed by atoms with Gasteiger partial charge in [0, 0.05) is 23.9 Å². The molecule has 0 fully saturated rings. The fraction of sp³-hybridized carbons (Fsp3) is 0.280. The van der Waals surface area contributed by atoms with E-state index in [-0.39, 0.29) is 5.56 Å². The van der Waals surface area contributed by atoms with E-state index in [1.54, 1.807) is 11.8 Å². The molecule has 2 aromatic heterocycles. The highest BCUT2D eigenvalue weighted by Gasteiger charge is 2.09. The van der Waals surface area contributed by atoms with Crippen molar-refractivity contribution < 1.29 is 4.42 Å². The number of hydrogen-bond donors (Lipinski definition) is 2. The van der Waals surface area contributed by atoms with Gasteiger partial charge in [0.25, 0.3) is 5.56 Å². The number of nitrogens with one attached hydrogen (secondary N) is 2. The molecule has 34 heavy (non-hydrogen) atoms. The van der Waals surface area contributed by atoms with Gasteiger partial charge in [0.2, 0.25) is 11.8 Å². The molecule has 0 bridgehead atoms. The van der Waals surface area contributed by atoms with Gasteiger partial charge >= 0.3 is 5.69 Å². The maximum absolute atomic E-state index is 12.5. The normalized spacial score (nSPS) is 11.0. The smallest absolute Gasteiger partial charge is 0.329 e. The van der Waals surface area contributed by atoms with Gasteiger partial charge < -0.3 is 9.73 Å². The Morgan fingerprint density at radius 1 is 1.09 bits per heavy atom. The SMILES string of the molecule is CCc1cc(Nc2cc(=O)n(CCCSCc3nnc(-c4ccccc4)o3)c(=O)[nH]2)ccc1C. The standard InChI is InChI=1S/C25H27N5O3S/c1-3-18-14-20(11-10-17(18)2)26-21-15-23(31)30(25(32)27-21)12-7-13-34-16-22-28-29-24(33-22)19-8-5-4-6-9-19/h4-6,8-11,14-15,26H,3,7,12-13,16H2,1-2H3,(H,27,32). The molecule has 2 N–H and O–H groups in total. The van der Waals surface area contributed by atoms with E-state index in [1.807, 2.05) is 48.5 Å². The van der Waals surface area contributed by atoms with E-state index in [0.29, 0.717) is 36.3 Å². The maximum atomic E-state index is 12.5. The summed E-state index contributed by atoms with van der Waals surface area (Å²) in [5, 5.41) is 11.3. The number of hydrogen-bond acceptors (Lipinski definition) is 7. The second-order valence-corrected chi connectivity index (χ2v) is 8.98. The molecule has 8 nitrogen and oxygen atoms in total. The molecule has 0 atom stereocenters. The van der Waals surface area contributed by atoms with E-state index in [0.717, 1.165) is 23.4 Å². The summed E-state index contributed by atoms with van der Waals surface area (Å²) in [6.45, 7) is 4.50. The summed E-state index contributed by atoms with van der Waals surface area (Å²) in [6.07, 6.45) is 1.58. The van der Waals surface area contributed by atoms with Crippen LogP contribution in [0.5, 0.6) is 0 Å². The number of benzene rings is 2. The average molecular weight is 478 g/mol. The zero-order valence-electron chi connectivity index (χ0n) is 19.2. The van der Waals surface area contributed by atoms with E-state index in [4.69, 9.17) is 4.42 Å². The molecule has 4 aromatic rings. The topological polar surface area (TPSA) is 106 Å². The van der Waals surface area contributed by atoms with Crippen LogP contribution in [-0.4, -0.2) is 25.5 Å². The van der Waals surface area contributed by atoms with Crippen molar-refractivity contribution in [2.45, 2.75) is 39.0 Å². The number of aryl methyl sites for hydroxylation is 2. The lowest BCUT2D eigenvalue weighted by Gasteiger charge is -2.11. The molecule has 0 aliphatic heterocycles. The Hall–Kier alpha value is -3.59. The molecular weight excluding hydrogens is 450 g/mol. The van der Waals surface area contributed by atoms with E-state index in [9.17, 15) is 9.59 Å². The third-order valence-corrected chi connectivity index (χ3v) is 6.44. The van der Waals surface area contributed by atoms with Gasteiger partial charge in [-0.05, 0) is 60.9 Å². The van der Waals surface area contributed by atoms with Crippen LogP contribution in [0.25, 0.3) is 11.5 Å². The molecule has 0 aliphatic carbocycles. The highest BCUT2D eigenvalue weighted by Crippen LogP contribution is 2.20. The van der Waals surface area contributed by atoms with Crippen LogP contribution in [0.1, 0.15) is 30.4 Å². The van der Waals surface area contributed by atoms with Gasteiger partial charge in [-0.1, -0.05) is 31.2 Å². The van der Waals surface area contributed by atoms with Crippen LogP contribution in [0, 0.1) is 6.92 Å². The van der Waals surface area contributed by atoms with Gasteiger partial charge in [-0.2, -0.15) is 11.8 Å². The quantitative estimate of drug-likeness (QED) is 0.323. The Morgan fingerprint density at radius 2 is 1.91 bits per heavy atom. The molecule has 0 unspecified atom stereocenters. The van der Waals surface area contributed by atoms with Crippen molar-refractivity contribution in [1.82, 2.24) is 19.7 Å². The first-order valence-electron chi connectivity index (χ1n) is 11.2. The van der Waals surface area contributed by atoms with Crippen molar-refractivity contribution in [2.75, 3.05) is 11.1 Å². The van der Waals surface area contributed by atoms with Gasteiger partial charge in [-0.3, -0.25) is 14.3 Å². The van der Waals surface area contributed by atoms with Crippen LogP contribution in [0.15, 0.2) is 68.6 Å². The number of thioether (sulfide) groups is 1. The lowest BCUT2D eigenvalue weighted by Crippen LogP contribution is -2.35. The van der Waals surface area contributed by atoms with Crippen molar-refractivity contribution in [2.24, 2.45) is 0 Å². The minimum absolute atomic E-state index is 0.330. The number of aromatic amines is 1. The Kier molecular flexibility index (Phi) is 7.64. The fourth-order valence-corrected chi connectivity index (χ4v) is 4.35. The van der Waals surface area contributed by atoms with Crippen molar-refractivity contribution in [3.8, 4) is 11.5 Å².